The number of hydrogen-bond acceptors (Lipinski definition) is 4. The third kappa shape index (κ3) is 5.68. The summed E-state index contributed by atoms with van der Waals surface area (Å²) in [4.78, 5) is 7.26. The zero-order valence-corrected chi connectivity index (χ0v) is 18.7. The molecule has 0 bridgehead atoms. The van der Waals surface area contributed by atoms with E-state index in [-0.39, 0.29) is 0 Å². The number of guanidine groups is 1. The van der Waals surface area contributed by atoms with Gasteiger partial charge in [0.25, 0.3) is 0 Å². The monoisotopic (exact) mass is 413 g/mol. The van der Waals surface area contributed by atoms with Gasteiger partial charge in [0.15, 0.2) is 17.5 Å². The largest absolute Gasteiger partial charge is 0.490 e. The second-order valence-electron chi connectivity index (χ2n) is 7.51. The van der Waals surface area contributed by atoms with Crippen molar-refractivity contribution in [1.82, 2.24) is 20.0 Å². The Bertz CT molecular complexity index is 833. The van der Waals surface area contributed by atoms with Crippen LogP contribution in [0.3, 0.4) is 0 Å². The summed E-state index contributed by atoms with van der Waals surface area (Å²) in [6.45, 7) is 10.9. The lowest BCUT2D eigenvalue weighted by atomic mass is 10.0. The lowest BCUT2D eigenvalue weighted by Crippen LogP contribution is -2.40. The van der Waals surface area contributed by atoms with E-state index < -0.39 is 0 Å². The third-order valence-electron chi connectivity index (χ3n) is 5.29. The molecular weight excluding hydrogens is 378 g/mol. The predicted molar refractivity (Wildman–Crippen MR) is 121 cm³/mol. The van der Waals surface area contributed by atoms with Crippen molar-refractivity contribution < 1.29 is 9.47 Å². The second-order valence-corrected chi connectivity index (χ2v) is 7.51. The summed E-state index contributed by atoms with van der Waals surface area (Å²) >= 11 is 0. The molecule has 1 saturated heterocycles. The fourth-order valence-electron chi connectivity index (χ4n) is 3.84. The van der Waals surface area contributed by atoms with E-state index >= 15 is 0 Å². The summed E-state index contributed by atoms with van der Waals surface area (Å²) in [6, 6.07) is 6.17. The van der Waals surface area contributed by atoms with Crippen molar-refractivity contribution >= 4 is 5.96 Å². The van der Waals surface area contributed by atoms with Crippen LogP contribution in [0.1, 0.15) is 44.2 Å². The molecule has 0 aliphatic carbocycles. The molecule has 1 unspecified atom stereocenters. The Hall–Kier alpha value is -2.70. The SMILES string of the molecule is CCNC(=NCCc1ccc(OCC)c(OCC)c1)N1CCC(c2cnn(C)c2)C1. The summed E-state index contributed by atoms with van der Waals surface area (Å²) in [5.74, 6) is 3.13. The van der Waals surface area contributed by atoms with Gasteiger partial charge in [0.2, 0.25) is 0 Å². The molecule has 7 heteroatoms. The summed E-state index contributed by atoms with van der Waals surface area (Å²) in [5.41, 5.74) is 2.52. The first-order valence-corrected chi connectivity index (χ1v) is 11.0. The number of nitrogens with zero attached hydrogens (tertiary/aromatic N) is 4. The van der Waals surface area contributed by atoms with Crippen molar-refractivity contribution in [3.8, 4) is 11.5 Å². The number of aromatic nitrogens is 2. The number of rotatable bonds is 9. The van der Waals surface area contributed by atoms with E-state index in [4.69, 9.17) is 14.5 Å². The molecule has 1 fully saturated rings. The maximum absolute atomic E-state index is 5.74. The molecule has 2 heterocycles. The van der Waals surface area contributed by atoms with Gasteiger partial charge in [-0.25, -0.2) is 0 Å². The lowest BCUT2D eigenvalue weighted by Gasteiger charge is -2.21. The van der Waals surface area contributed by atoms with Crippen LogP contribution in [0.25, 0.3) is 0 Å². The Morgan fingerprint density at radius 3 is 2.70 bits per heavy atom. The minimum Gasteiger partial charge on any atom is -0.490 e. The highest BCUT2D eigenvalue weighted by atomic mass is 16.5. The molecule has 164 valence electrons. The number of aliphatic imine (C=N–C) groups is 1. The molecule has 3 rings (SSSR count). The predicted octanol–water partition coefficient (Wildman–Crippen LogP) is 3.22. The van der Waals surface area contributed by atoms with Gasteiger partial charge < -0.3 is 19.7 Å². The molecule has 1 aliphatic heterocycles. The maximum atomic E-state index is 5.74. The average Bonchev–Trinajstić information content (AvgIpc) is 3.39. The van der Waals surface area contributed by atoms with Gasteiger partial charge in [-0.05, 0) is 56.9 Å². The molecule has 0 spiro atoms. The van der Waals surface area contributed by atoms with Crippen LogP contribution >= 0.6 is 0 Å². The summed E-state index contributed by atoms with van der Waals surface area (Å²) in [6.07, 6.45) is 6.11. The van der Waals surface area contributed by atoms with E-state index in [1.54, 1.807) is 0 Å². The first-order valence-electron chi connectivity index (χ1n) is 11.0. The van der Waals surface area contributed by atoms with Crippen molar-refractivity contribution in [2.75, 3.05) is 39.4 Å². The number of ether oxygens (including phenoxy) is 2. The van der Waals surface area contributed by atoms with Gasteiger partial charge in [-0.3, -0.25) is 9.67 Å². The first-order chi connectivity index (χ1) is 14.6. The van der Waals surface area contributed by atoms with E-state index in [2.05, 4.69) is 40.6 Å². The minimum atomic E-state index is 0.516. The van der Waals surface area contributed by atoms with Crippen LogP contribution in [0.4, 0.5) is 0 Å². The average molecular weight is 414 g/mol. The van der Waals surface area contributed by atoms with Crippen LogP contribution in [0, 0.1) is 0 Å². The van der Waals surface area contributed by atoms with Crippen LogP contribution in [-0.4, -0.2) is 60.0 Å². The van der Waals surface area contributed by atoms with Gasteiger partial charge in [0.1, 0.15) is 0 Å². The van der Waals surface area contributed by atoms with E-state index in [9.17, 15) is 0 Å². The van der Waals surface area contributed by atoms with Crippen LogP contribution in [0.2, 0.25) is 0 Å². The van der Waals surface area contributed by atoms with Crippen LogP contribution in [0.5, 0.6) is 11.5 Å². The zero-order chi connectivity index (χ0) is 21.3. The number of nitrogens with one attached hydrogen (secondary N) is 1. The summed E-state index contributed by atoms with van der Waals surface area (Å²) in [5, 5.41) is 7.78. The first kappa shape index (κ1) is 22.0. The fourth-order valence-corrected chi connectivity index (χ4v) is 3.84. The molecule has 1 N–H and O–H groups in total. The van der Waals surface area contributed by atoms with E-state index in [0.29, 0.717) is 19.1 Å². The molecule has 0 amide bonds. The van der Waals surface area contributed by atoms with E-state index in [1.807, 2.05) is 37.8 Å². The van der Waals surface area contributed by atoms with Crippen molar-refractivity contribution in [3.63, 3.8) is 0 Å². The van der Waals surface area contributed by atoms with Gasteiger partial charge in [0, 0.05) is 45.3 Å². The Labute approximate surface area is 180 Å². The Morgan fingerprint density at radius 1 is 1.20 bits per heavy atom. The topological polar surface area (TPSA) is 63.9 Å². The quantitative estimate of drug-likeness (QED) is 0.505. The molecule has 2 aromatic rings. The van der Waals surface area contributed by atoms with Crippen molar-refractivity contribution in [3.05, 3.63) is 41.7 Å². The fraction of sp³-hybridized carbons (Fsp3) is 0.565. The highest BCUT2D eigenvalue weighted by molar-refractivity contribution is 5.80. The molecule has 1 aromatic heterocycles. The zero-order valence-electron chi connectivity index (χ0n) is 18.7. The minimum absolute atomic E-state index is 0.516. The number of benzene rings is 1. The van der Waals surface area contributed by atoms with E-state index in [0.717, 1.165) is 56.5 Å². The highest BCUT2D eigenvalue weighted by Crippen LogP contribution is 2.29. The molecule has 7 nitrogen and oxygen atoms in total. The van der Waals surface area contributed by atoms with Crippen molar-refractivity contribution in [2.24, 2.45) is 12.0 Å². The van der Waals surface area contributed by atoms with Gasteiger partial charge in [-0.1, -0.05) is 6.07 Å². The van der Waals surface area contributed by atoms with Crippen molar-refractivity contribution in [2.45, 2.75) is 39.5 Å². The standard InChI is InChI=1S/C23H35N5O2/c1-5-24-23(28-13-11-19(17-28)20-15-26-27(4)16-20)25-12-10-18-8-9-21(29-6-2)22(14-18)30-7-3/h8-9,14-16,19H,5-7,10-13,17H2,1-4H3,(H,24,25). The number of aryl methyl sites for hydroxylation is 1. The molecule has 1 atom stereocenters. The lowest BCUT2D eigenvalue weighted by molar-refractivity contribution is 0.287. The van der Waals surface area contributed by atoms with Gasteiger partial charge >= 0.3 is 0 Å². The molecular formula is C23H35N5O2. The summed E-state index contributed by atoms with van der Waals surface area (Å²) < 4.78 is 13.3. The van der Waals surface area contributed by atoms with Crippen LogP contribution < -0.4 is 14.8 Å². The third-order valence-corrected chi connectivity index (χ3v) is 5.29. The highest BCUT2D eigenvalue weighted by Gasteiger charge is 2.26. The molecule has 0 radical (unpaired) electrons. The number of likely N-dealkylation sites (tertiary alicyclic amines) is 1. The Balaban J connectivity index is 1.62. The second kappa shape index (κ2) is 10.9. The Kier molecular flexibility index (Phi) is 7.99. The van der Waals surface area contributed by atoms with Gasteiger partial charge in [-0.2, -0.15) is 5.10 Å². The summed E-state index contributed by atoms with van der Waals surface area (Å²) in [7, 11) is 1.97. The van der Waals surface area contributed by atoms with Gasteiger partial charge in [-0.15, -0.1) is 0 Å². The molecule has 30 heavy (non-hydrogen) atoms. The van der Waals surface area contributed by atoms with Gasteiger partial charge in [0.05, 0.1) is 19.4 Å². The van der Waals surface area contributed by atoms with E-state index in [1.165, 1.54) is 11.1 Å². The normalized spacial score (nSPS) is 16.7. The smallest absolute Gasteiger partial charge is 0.193 e. The van der Waals surface area contributed by atoms with Crippen LogP contribution in [-0.2, 0) is 13.5 Å². The Morgan fingerprint density at radius 2 is 2.00 bits per heavy atom. The van der Waals surface area contributed by atoms with Crippen LogP contribution in [0.15, 0.2) is 35.6 Å². The molecule has 1 aliphatic rings. The maximum Gasteiger partial charge on any atom is 0.193 e. The number of hydrogen-bond donors (Lipinski definition) is 1. The molecule has 0 saturated carbocycles. The van der Waals surface area contributed by atoms with Crippen molar-refractivity contribution in [1.29, 1.82) is 0 Å². The molecule has 1 aromatic carbocycles.